The minimum Gasteiger partial charge on any atom is -0.352 e. The number of amides is 3. The summed E-state index contributed by atoms with van der Waals surface area (Å²) in [5.74, 6) is 0.241. The monoisotopic (exact) mass is 322 g/mol. The van der Waals surface area contributed by atoms with Gasteiger partial charge in [0.2, 0.25) is 5.91 Å². The fourth-order valence-corrected chi connectivity index (χ4v) is 3.98. The molecule has 0 radical (unpaired) electrons. The number of carbonyl (C=O) groups is 2. The standard InChI is InChI=1S/C17H30N4O2/c1-13-15(5-4-8-18-13)19-16(22)14-6-11-21(12-7-14)17(23)20-9-2-3-10-20/h13-15,18H,2-12H2,1H3,(H,19,22). The molecule has 3 amide bonds. The highest BCUT2D eigenvalue weighted by Gasteiger charge is 2.32. The van der Waals surface area contributed by atoms with E-state index >= 15 is 0 Å². The van der Waals surface area contributed by atoms with Crippen LogP contribution in [0.2, 0.25) is 0 Å². The molecule has 2 N–H and O–H groups in total. The van der Waals surface area contributed by atoms with Gasteiger partial charge in [-0.1, -0.05) is 0 Å². The smallest absolute Gasteiger partial charge is 0.319 e. The number of nitrogens with one attached hydrogen (secondary N) is 2. The summed E-state index contributed by atoms with van der Waals surface area (Å²) < 4.78 is 0. The minimum atomic E-state index is 0.0618. The lowest BCUT2D eigenvalue weighted by Crippen LogP contribution is -2.54. The van der Waals surface area contributed by atoms with Crippen LogP contribution >= 0.6 is 0 Å². The lowest BCUT2D eigenvalue weighted by Gasteiger charge is -2.36. The molecule has 3 fully saturated rings. The van der Waals surface area contributed by atoms with E-state index < -0.39 is 0 Å². The number of carbonyl (C=O) groups excluding carboxylic acids is 2. The van der Waals surface area contributed by atoms with Crippen molar-refractivity contribution in [3.05, 3.63) is 0 Å². The van der Waals surface area contributed by atoms with Gasteiger partial charge < -0.3 is 20.4 Å². The van der Waals surface area contributed by atoms with Gasteiger partial charge in [-0.25, -0.2) is 4.79 Å². The molecule has 2 atom stereocenters. The Morgan fingerprint density at radius 1 is 0.957 bits per heavy atom. The van der Waals surface area contributed by atoms with Crippen molar-refractivity contribution >= 4 is 11.9 Å². The van der Waals surface area contributed by atoms with Crippen LogP contribution in [0.3, 0.4) is 0 Å². The molecule has 0 aromatic carbocycles. The Labute approximate surface area is 139 Å². The Bertz CT molecular complexity index is 428. The van der Waals surface area contributed by atoms with Gasteiger partial charge >= 0.3 is 6.03 Å². The number of nitrogens with zero attached hydrogens (tertiary/aromatic N) is 2. The summed E-state index contributed by atoms with van der Waals surface area (Å²) in [5, 5.41) is 6.64. The highest BCUT2D eigenvalue weighted by molar-refractivity contribution is 5.80. The number of urea groups is 1. The third kappa shape index (κ3) is 3.97. The van der Waals surface area contributed by atoms with E-state index in [9.17, 15) is 9.59 Å². The molecule has 6 heteroatoms. The van der Waals surface area contributed by atoms with Crippen molar-refractivity contribution in [1.29, 1.82) is 0 Å². The van der Waals surface area contributed by atoms with Crippen molar-refractivity contribution < 1.29 is 9.59 Å². The number of hydrogen-bond donors (Lipinski definition) is 2. The molecule has 23 heavy (non-hydrogen) atoms. The fourth-order valence-electron chi connectivity index (χ4n) is 3.98. The van der Waals surface area contributed by atoms with Gasteiger partial charge in [-0.2, -0.15) is 0 Å². The molecule has 3 heterocycles. The summed E-state index contributed by atoms with van der Waals surface area (Å²) in [6, 6.07) is 0.775. The maximum absolute atomic E-state index is 12.5. The quantitative estimate of drug-likeness (QED) is 0.802. The topological polar surface area (TPSA) is 64.7 Å². The van der Waals surface area contributed by atoms with Gasteiger partial charge in [-0.3, -0.25) is 4.79 Å². The molecular formula is C17H30N4O2. The van der Waals surface area contributed by atoms with Crippen molar-refractivity contribution in [2.45, 2.75) is 57.5 Å². The Morgan fingerprint density at radius 2 is 1.61 bits per heavy atom. The molecular weight excluding hydrogens is 292 g/mol. The first-order valence-corrected chi connectivity index (χ1v) is 9.23. The van der Waals surface area contributed by atoms with Gasteiger partial charge in [0.05, 0.1) is 0 Å². The molecule has 3 rings (SSSR count). The van der Waals surface area contributed by atoms with Gasteiger partial charge in [0.1, 0.15) is 0 Å². The summed E-state index contributed by atoms with van der Waals surface area (Å²) >= 11 is 0. The maximum atomic E-state index is 12.5. The predicted octanol–water partition coefficient (Wildman–Crippen LogP) is 1.17. The largest absolute Gasteiger partial charge is 0.352 e. The Morgan fingerprint density at radius 3 is 2.26 bits per heavy atom. The number of rotatable bonds is 2. The molecule has 3 aliphatic rings. The zero-order valence-corrected chi connectivity index (χ0v) is 14.2. The van der Waals surface area contributed by atoms with Gasteiger partial charge in [0, 0.05) is 44.2 Å². The summed E-state index contributed by atoms with van der Waals surface area (Å²) in [7, 11) is 0. The molecule has 6 nitrogen and oxygen atoms in total. The molecule has 3 saturated heterocycles. The lowest BCUT2D eigenvalue weighted by atomic mass is 9.94. The molecule has 0 aromatic heterocycles. The van der Waals surface area contributed by atoms with Gasteiger partial charge in [0.15, 0.2) is 0 Å². The van der Waals surface area contributed by atoms with E-state index in [0.29, 0.717) is 19.1 Å². The average molecular weight is 322 g/mol. The van der Waals surface area contributed by atoms with Crippen LogP contribution in [-0.2, 0) is 4.79 Å². The SMILES string of the molecule is CC1NCCCC1NC(=O)C1CCN(C(=O)N2CCCC2)CC1. The van der Waals surface area contributed by atoms with Crippen LogP contribution in [0, 0.1) is 5.92 Å². The molecule has 0 bridgehead atoms. The highest BCUT2D eigenvalue weighted by Crippen LogP contribution is 2.21. The molecule has 0 aromatic rings. The molecule has 2 unspecified atom stereocenters. The molecule has 0 spiro atoms. The molecule has 0 saturated carbocycles. The van der Waals surface area contributed by atoms with Crippen molar-refractivity contribution in [2.24, 2.45) is 5.92 Å². The van der Waals surface area contributed by atoms with Gasteiger partial charge in [-0.15, -0.1) is 0 Å². The van der Waals surface area contributed by atoms with Crippen LogP contribution in [0.4, 0.5) is 4.79 Å². The average Bonchev–Trinajstić information content (AvgIpc) is 3.11. The zero-order valence-electron chi connectivity index (χ0n) is 14.2. The highest BCUT2D eigenvalue weighted by atomic mass is 16.2. The van der Waals surface area contributed by atoms with E-state index in [0.717, 1.165) is 58.2 Å². The van der Waals surface area contributed by atoms with Crippen LogP contribution in [0.15, 0.2) is 0 Å². The van der Waals surface area contributed by atoms with E-state index in [-0.39, 0.29) is 23.9 Å². The van der Waals surface area contributed by atoms with Crippen LogP contribution in [-0.4, -0.2) is 66.5 Å². The number of piperidine rings is 2. The Hall–Kier alpha value is -1.30. The first-order chi connectivity index (χ1) is 11.1. The normalized spacial score (nSPS) is 29.6. The van der Waals surface area contributed by atoms with Crippen LogP contribution in [0.1, 0.15) is 45.4 Å². The predicted molar refractivity (Wildman–Crippen MR) is 89.1 cm³/mol. The maximum Gasteiger partial charge on any atom is 0.319 e. The molecule has 130 valence electrons. The van der Waals surface area contributed by atoms with Crippen molar-refractivity contribution in [3.8, 4) is 0 Å². The zero-order chi connectivity index (χ0) is 16.2. The van der Waals surface area contributed by atoms with Crippen LogP contribution < -0.4 is 10.6 Å². The van der Waals surface area contributed by atoms with E-state index in [1.54, 1.807) is 0 Å². The van der Waals surface area contributed by atoms with Crippen LogP contribution in [0.25, 0.3) is 0 Å². The number of likely N-dealkylation sites (tertiary alicyclic amines) is 2. The second-order valence-corrected chi connectivity index (χ2v) is 7.24. The van der Waals surface area contributed by atoms with E-state index in [2.05, 4.69) is 17.6 Å². The molecule has 0 aliphatic carbocycles. The summed E-state index contributed by atoms with van der Waals surface area (Å²) in [4.78, 5) is 28.8. The Kier molecular flexibility index (Phi) is 5.41. The fraction of sp³-hybridized carbons (Fsp3) is 0.882. The summed E-state index contributed by atoms with van der Waals surface area (Å²) in [6.45, 7) is 6.40. The van der Waals surface area contributed by atoms with E-state index in [1.165, 1.54) is 0 Å². The van der Waals surface area contributed by atoms with Crippen molar-refractivity contribution in [2.75, 3.05) is 32.7 Å². The van der Waals surface area contributed by atoms with Crippen molar-refractivity contribution in [1.82, 2.24) is 20.4 Å². The minimum absolute atomic E-state index is 0.0618. The number of hydrogen-bond acceptors (Lipinski definition) is 3. The van der Waals surface area contributed by atoms with Gasteiger partial charge in [0.25, 0.3) is 0 Å². The van der Waals surface area contributed by atoms with Crippen LogP contribution in [0.5, 0.6) is 0 Å². The summed E-state index contributed by atoms with van der Waals surface area (Å²) in [6.07, 6.45) is 6.01. The third-order valence-corrected chi connectivity index (χ3v) is 5.60. The van der Waals surface area contributed by atoms with E-state index in [1.807, 2.05) is 9.80 Å². The Balaban J connectivity index is 1.44. The van der Waals surface area contributed by atoms with Gasteiger partial charge in [-0.05, 0) is 52.0 Å². The first kappa shape index (κ1) is 16.6. The van der Waals surface area contributed by atoms with E-state index in [4.69, 9.17) is 0 Å². The second-order valence-electron chi connectivity index (χ2n) is 7.24. The van der Waals surface area contributed by atoms with Crippen molar-refractivity contribution in [3.63, 3.8) is 0 Å². The second kappa shape index (κ2) is 7.51. The first-order valence-electron chi connectivity index (χ1n) is 9.23. The lowest BCUT2D eigenvalue weighted by molar-refractivity contribution is -0.127. The third-order valence-electron chi connectivity index (χ3n) is 5.60. The summed E-state index contributed by atoms with van der Waals surface area (Å²) in [5.41, 5.74) is 0. The molecule has 3 aliphatic heterocycles.